The average Bonchev–Trinajstić information content (AvgIpc) is 3.17. The monoisotopic (exact) mass is 374 g/mol. The number of hydrogen-bond donors (Lipinski definition) is 1. The van der Waals surface area contributed by atoms with Gasteiger partial charge >= 0.3 is 0 Å². The number of fused-ring (bicyclic) bond motifs is 1. The van der Waals surface area contributed by atoms with Crippen molar-refractivity contribution in [2.24, 2.45) is 5.73 Å². The van der Waals surface area contributed by atoms with E-state index in [9.17, 15) is 4.79 Å². The molecule has 3 aromatic rings. The Bertz CT molecular complexity index is 975. The lowest BCUT2D eigenvalue weighted by molar-refractivity contribution is -0.131. The van der Waals surface area contributed by atoms with Gasteiger partial charge in [0.15, 0.2) is 5.82 Å². The third-order valence-corrected chi connectivity index (χ3v) is 4.68. The Morgan fingerprint density at radius 3 is 2.79 bits per heavy atom. The second-order valence-electron chi connectivity index (χ2n) is 6.74. The normalized spacial score (nSPS) is 12.7. The molecular weight excluding hydrogens is 352 g/mol. The summed E-state index contributed by atoms with van der Waals surface area (Å²) in [4.78, 5) is 23.7. The van der Waals surface area contributed by atoms with Crippen molar-refractivity contribution >= 4 is 5.91 Å². The van der Waals surface area contributed by atoms with E-state index >= 15 is 0 Å². The third-order valence-electron chi connectivity index (χ3n) is 4.68. The molecule has 2 heterocycles. The van der Waals surface area contributed by atoms with Crippen molar-refractivity contribution in [3.63, 3.8) is 0 Å². The number of benzene rings is 2. The van der Waals surface area contributed by atoms with Gasteiger partial charge in [-0.15, -0.1) is 0 Å². The highest BCUT2D eigenvalue weighted by Gasteiger charge is 2.25. The van der Waals surface area contributed by atoms with Gasteiger partial charge in [0.25, 0.3) is 0 Å². The van der Waals surface area contributed by atoms with Crippen molar-refractivity contribution in [2.45, 2.75) is 19.5 Å². The van der Waals surface area contributed by atoms with Crippen LogP contribution in [0.3, 0.4) is 0 Å². The number of nitrogens with two attached hydrogens (primary N) is 1. The highest BCUT2D eigenvalue weighted by Crippen LogP contribution is 2.24. The van der Waals surface area contributed by atoms with E-state index in [0.29, 0.717) is 38.5 Å². The summed E-state index contributed by atoms with van der Waals surface area (Å²) in [5, 5.41) is 0. The summed E-state index contributed by atoms with van der Waals surface area (Å²) in [6, 6.07) is 17.5. The van der Waals surface area contributed by atoms with E-state index in [1.165, 1.54) is 0 Å². The van der Waals surface area contributed by atoms with E-state index in [0.717, 1.165) is 28.1 Å². The minimum atomic E-state index is 0.0650. The van der Waals surface area contributed by atoms with Crippen molar-refractivity contribution < 1.29 is 9.53 Å². The Labute approximate surface area is 164 Å². The molecule has 1 amide bonds. The summed E-state index contributed by atoms with van der Waals surface area (Å²) in [6.07, 6.45) is 2.16. The van der Waals surface area contributed by atoms with Gasteiger partial charge in [0.2, 0.25) is 5.91 Å². The fourth-order valence-electron chi connectivity index (χ4n) is 3.26. The van der Waals surface area contributed by atoms with Crippen LogP contribution >= 0.6 is 0 Å². The van der Waals surface area contributed by atoms with E-state index in [1.54, 1.807) is 0 Å². The van der Waals surface area contributed by atoms with Crippen LogP contribution in [0, 0.1) is 0 Å². The van der Waals surface area contributed by atoms with Crippen molar-refractivity contribution in [2.75, 3.05) is 13.2 Å². The number of rotatable bonds is 6. The van der Waals surface area contributed by atoms with Crippen LogP contribution in [0.4, 0.5) is 0 Å². The molecule has 0 spiro atoms. The maximum Gasteiger partial charge on any atom is 0.227 e. The lowest BCUT2D eigenvalue weighted by Crippen LogP contribution is -2.27. The molecule has 6 nitrogen and oxygen atoms in total. The van der Waals surface area contributed by atoms with Crippen LogP contribution in [0.15, 0.2) is 60.8 Å². The van der Waals surface area contributed by atoms with Crippen molar-refractivity contribution in [1.82, 2.24) is 14.9 Å². The lowest BCUT2D eigenvalue weighted by Gasteiger charge is -2.15. The molecule has 0 atom stereocenters. The van der Waals surface area contributed by atoms with E-state index in [1.807, 2.05) is 65.7 Å². The van der Waals surface area contributed by atoms with Gasteiger partial charge in [-0.05, 0) is 17.7 Å². The first-order valence-electron chi connectivity index (χ1n) is 9.33. The fraction of sp³-hybridized carbons (Fsp3) is 0.227. The topological polar surface area (TPSA) is 81.3 Å². The standard InChI is InChI=1S/C22H22N4O2/c23-9-10-28-19-8-4-5-16(11-19)12-21(27)26-14-18-13-24-22(25-20(18)15-26)17-6-2-1-3-7-17/h1-8,11,13H,9-10,12,14-15,23H2. The van der Waals surface area contributed by atoms with Crippen molar-refractivity contribution in [3.05, 3.63) is 77.6 Å². The van der Waals surface area contributed by atoms with E-state index in [2.05, 4.69) is 9.97 Å². The second kappa shape index (κ2) is 8.19. The number of carbonyl (C=O) groups is 1. The summed E-state index contributed by atoms with van der Waals surface area (Å²) >= 11 is 0. The third kappa shape index (κ3) is 4.02. The number of ether oxygens (including phenoxy) is 1. The molecule has 6 heteroatoms. The van der Waals surface area contributed by atoms with Crippen molar-refractivity contribution in [1.29, 1.82) is 0 Å². The van der Waals surface area contributed by atoms with Gasteiger partial charge in [-0.1, -0.05) is 42.5 Å². The summed E-state index contributed by atoms with van der Waals surface area (Å²) in [7, 11) is 0. The van der Waals surface area contributed by atoms with Crippen LogP contribution in [-0.4, -0.2) is 33.9 Å². The molecule has 0 aliphatic carbocycles. The van der Waals surface area contributed by atoms with Crippen LogP contribution in [0.5, 0.6) is 5.75 Å². The smallest absolute Gasteiger partial charge is 0.227 e. The van der Waals surface area contributed by atoms with E-state index < -0.39 is 0 Å². The minimum absolute atomic E-state index is 0.0650. The molecule has 0 fully saturated rings. The molecule has 28 heavy (non-hydrogen) atoms. The maximum absolute atomic E-state index is 12.8. The Hall–Kier alpha value is -3.25. The number of carbonyl (C=O) groups excluding carboxylic acids is 1. The van der Waals surface area contributed by atoms with Crippen molar-refractivity contribution in [3.8, 4) is 17.1 Å². The maximum atomic E-state index is 12.8. The number of aromatic nitrogens is 2. The van der Waals surface area contributed by atoms with Gasteiger partial charge in [0.1, 0.15) is 12.4 Å². The quantitative estimate of drug-likeness (QED) is 0.717. The van der Waals surface area contributed by atoms with Crippen LogP contribution in [0.1, 0.15) is 16.8 Å². The van der Waals surface area contributed by atoms with Gasteiger partial charge in [0.05, 0.1) is 18.7 Å². The van der Waals surface area contributed by atoms with Crippen LogP contribution in [0.25, 0.3) is 11.4 Å². The predicted octanol–water partition coefficient (Wildman–Crippen LogP) is 2.57. The predicted molar refractivity (Wildman–Crippen MR) is 106 cm³/mol. The molecule has 1 aromatic heterocycles. The summed E-state index contributed by atoms with van der Waals surface area (Å²) in [5.74, 6) is 1.49. The van der Waals surface area contributed by atoms with E-state index in [4.69, 9.17) is 10.5 Å². The number of amides is 1. The molecule has 2 aromatic carbocycles. The SMILES string of the molecule is NCCOc1cccc(CC(=O)N2Cc3cnc(-c4ccccc4)nc3C2)c1. The summed E-state index contributed by atoms with van der Waals surface area (Å²) in [5.41, 5.74) is 9.30. The first-order valence-corrected chi connectivity index (χ1v) is 9.33. The largest absolute Gasteiger partial charge is 0.492 e. The van der Waals surface area contributed by atoms with E-state index in [-0.39, 0.29) is 5.91 Å². The molecule has 0 bridgehead atoms. The molecule has 0 saturated heterocycles. The first-order chi connectivity index (χ1) is 13.7. The highest BCUT2D eigenvalue weighted by atomic mass is 16.5. The zero-order valence-electron chi connectivity index (χ0n) is 15.5. The summed E-state index contributed by atoms with van der Waals surface area (Å²) < 4.78 is 5.54. The molecule has 4 rings (SSSR count). The molecular formula is C22H22N4O2. The minimum Gasteiger partial charge on any atom is -0.492 e. The Morgan fingerprint density at radius 1 is 1.11 bits per heavy atom. The highest BCUT2D eigenvalue weighted by molar-refractivity contribution is 5.79. The molecule has 1 aliphatic rings. The zero-order valence-corrected chi connectivity index (χ0v) is 15.5. The Kier molecular flexibility index (Phi) is 5.30. The molecule has 2 N–H and O–H groups in total. The van der Waals surface area contributed by atoms with Crippen LogP contribution in [0.2, 0.25) is 0 Å². The fourth-order valence-corrected chi connectivity index (χ4v) is 3.26. The average molecular weight is 374 g/mol. The summed E-state index contributed by atoms with van der Waals surface area (Å²) in [6.45, 7) is 1.98. The van der Waals surface area contributed by atoms with Gasteiger partial charge in [-0.25, -0.2) is 9.97 Å². The molecule has 0 unspecified atom stereocenters. The first kappa shape index (κ1) is 18.1. The van der Waals surface area contributed by atoms with Crippen LogP contribution in [-0.2, 0) is 24.3 Å². The second-order valence-corrected chi connectivity index (χ2v) is 6.74. The van der Waals surface area contributed by atoms with Crippen LogP contribution < -0.4 is 10.5 Å². The van der Waals surface area contributed by atoms with Gasteiger partial charge in [-0.2, -0.15) is 0 Å². The van der Waals surface area contributed by atoms with Gasteiger partial charge in [0, 0.05) is 30.4 Å². The van der Waals surface area contributed by atoms with Gasteiger partial charge in [-0.3, -0.25) is 4.79 Å². The van der Waals surface area contributed by atoms with Gasteiger partial charge < -0.3 is 15.4 Å². The lowest BCUT2D eigenvalue weighted by atomic mass is 10.1. The number of hydrogen-bond acceptors (Lipinski definition) is 5. The Balaban J connectivity index is 1.43. The zero-order chi connectivity index (χ0) is 19.3. The molecule has 0 saturated carbocycles. The Morgan fingerprint density at radius 2 is 1.96 bits per heavy atom. The molecule has 142 valence electrons. The molecule has 1 aliphatic heterocycles. The number of nitrogens with zero attached hydrogens (tertiary/aromatic N) is 3. The molecule has 0 radical (unpaired) electrons.